The van der Waals surface area contributed by atoms with Crippen LogP contribution < -0.4 is 9.47 Å². The van der Waals surface area contributed by atoms with Crippen molar-refractivity contribution in [3.8, 4) is 23.0 Å². The number of halogens is 1. The average molecular weight is 404 g/mol. The first kappa shape index (κ1) is 19.6. The summed E-state index contributed by atoms with van der Waals surface area (Å²) in [5.74, 6) is 1.42. The van der Waals surface area contributed by atoms with Gasteiger partial charge in [0.2, 0.25) is 5.76 Å². The first-order valence-corrected chi connectivity index (χ1v) is 8.83. The van der Waals surface area contributed by atoms with Crippen LogP contribution in [0.15, 0.2) is 51.6 Å². The fourth-order valence-corrected chi connectivity index (χ4v) is 2.71. The number of benzene rings is 1. The third-order valence-corrected chi connectivity index (χ3v) is 3.91. The first-order chi connectivity index (χ1) is 13.6. The minimum Gasteiger partial charge on any atom is -0.491 e. The number of furan rings is 1. The Morgan fingerprint density at radius 1 is 1.29 bits per heavy atom. The monoisotopic (exact) mass is 403 g/mol. The fourth-order valence-electron chi connectivity index (χ4n) is 2.42. The van der Waals surface area contributed by atoms with Crippen molar-refractivity contribution >= 4 is 23.6 Å². The van der Waals surface area contributed by atoms with Crippen molar-refractivity contribution in [3.05, 3.63) is 59.0 Å². The number of carbonyl (C=O) groups is 1. The van der Waals surface area contributed by atoms with Gasteiger partial charge in [-0.05, 0) is 42.8 Å². The largest absolute Gasteiger partial charge is 0.491 e. The predicted molar refractivity (Wildman–Crippen MR) is 102 cm³/mol. The van der Waals surface area contributed by atoms with Crippen molar-refractivity contribution in [1.82, 2.24) is 5.16 Å². The van der Waals surface area contributed by atoms with E-state index in [0.717, 1.165) is 0 Å². The van der Waals surface area contributed by atoms with Crippen molar-refractivity contribution in [1.29, 1.82) is 0 Å². The minimum atomic E-state index is -0.535. The highest BCUT2D eigenvalue weighted by atomic mass is 35.5. The molecule has 3 aromatic rings. The van der Waals surface area contributed by atoms with Gasteiger partial charge in [0, 0.05) is 12.1 Å². The molecule has 146 valence electrons. The number of hydrogen-bond acceptors (Lipinski definition) is 7. The third kappa shape index (κ3) is 4.75. The van der Waals surface area contributed by atoms with Crippen LogP contribution in [-0.2, 0) is 16.1 Å². The maximum absolute atomic E-state index is 12.0. The Bertz CT molecular complexity index is 961. The van der Waals surface area contributed by atoms with Crippen LogP contribution in [-0.4, -0.2) is 24.8 Å². The molecule has 0 atom stereocenters. The Morgan fingerprint density at radius 2 is 2.14 bits per heavy atom. The zero-order valence-electron chi connectivity index (χ0n) is 15.3. The summed E-state index contributed by atoms with van der Waals surface area (Å²) in [5, 5.41) is 4.22. The van der Waals surface area contributed by atoms with Gasteiger partial charge in [0.05, 0.1) is 25.0 Å². The zero-order valence-corrected chi connectivity index (χ0v) is 16.1. The lowest BCUT2D eigenvalue weighted by molar-refractivity contribution is -0.139. The summed E-state index contributed by atoms with van der Waals surface area (Å²) in [4.78, 5) is 12.0. The molecule has 28 heavy (non-hydrogen) atoms. The molecule has 0 unspecified atom stereocenters. The van der Waals surface area contributed by atoms with Crippen LogP contribution in [0.2, 0.25) is 5.02 Å². The van der Waals surface area contributed by atoms with E-state index < -0.39 is 5.97 Å². The standard InChI is InChI=1S/C20H18ClNO6/c1-3-25-18-10-13(9-15(21)20(18)24-2)6-7-19(23)27-12-14-11-17(28-22-14)16-5-4-8-26-16/h4-11H,3,12H2,1-2H3/b7-6+. The molecule has 0 N–H and O–H groups in total. The molecule has 1 aromatic carbocycles. The number of methoxy groups -OCH3 is 1. The Kier molecular flexibility index (Phi) is 6.39. The van der Waals surface area contributed by atoms with Crippen molar-refractivity contribution in [2.75, 3.05) is 13.7 Å². The molecular weight excluding hydrogens is 386 g/mol. The van der Waals surface area contributed by atoms with Crippen LogP contribution in [0.1, 0.15) is 18.2 Å². The second-order valence-electron chi connectivity index (χ2n) is 5.57. The van der Waals surface area contributed by atoms with E-state index in [1.165, 1.54) is 19.4 Å². The van der Waals surface area contributed by atoms with Crippen molar-refractivity contribution in [2.24, 2.45) is 0 Å². The molecule has 2 heterocycles. The van der Waals surface area contributed by atoms with Gasteiger partial charge in [-0.2, -0.15) is 0 Å². The fraction of sp³-hybridized carbons (Fsp3) is 0.200. The molecule has 0 bridgehead atoms. The summed E-state index contributed by atoms with van der Waals surface area (Å²) >= 11 is 6.19. The van der Waals surface area contributed by atoms with Crippen LogP contribution >= 0.6 is 11.6 Å². The van der Waals surface area contributed by atoms with Gasteiger partial charge in [-0.1, -0.05) is 16.8 Å². The van der Waals surface area contributed by atoms with Crippen LogP contribution in [0.3, 0.4) is 0 Å². The van der Waals surface area contributed by atoms with E-state index in [2.05, 4.69) is 5.16 Å². The molecule has 0 aliphatic carbocycles. The molecule has 0 aliphatic heterocycles. The quantitative estimate of drug-likeness (QED) is 0.396. The van der Waals surface area contributed by atoms with Gasteiger partial charge < -0.3 is 23.2 Å². The summed E-state index contributed by atoms with van der Waals surface area (Å²) < 4.78 is 26.3. The van der Waals surface area contributed by atoms with Crippen LogP contribution in [0.25, 0.3) is 17.6 Å². The van der Waals surface area contributed by atoms with E-state index in [1.54, 1.807) is 36.4 Å². The second-order valence-corrected chi connectivity index (χ2v) is 5.98. The molecule has 3 rings (SSSR count). The number of ether oxygens (including phenoxy) is 3. The lowest BCUT2D eigenvalue weighted by Gasteiger charge is -2.11. The van der Waals surface area contributed by atoms with Crippen LogP contribution in [0.4, 0.5) is 0 Å². The SMILES string of the molecule is CCOc1cc(/C=C/C(=O)OCc2cc(-c3ccco3)on2)cc(Cl)c1OC. The number of aromatic nitrogens is 1. The molecule has 2 aromatic heterocycles. The zero-order chi connectivity index (χ0) is 19.9. The second kappa shape index (κ2) is 9.14. The van der Waals surface area contributed by atoms with E-state index in [9.17, 15) is 4.79 Å². The molecular formula is C20H18ClNO6. The molecule has 0 aliphatic rings. The highest BCUT2D eigenvalue weighted by Gasteiger charge is 2.12. The number of esters is 1. The Hall–Kier alpha value is -3.19. The van der Waals surface area contributed by atoms with Gasteiger partial charge in [-0.15, -0.1) is 0 Å². The maximum atomic E-state index is 12.0. The number of hydrogen-bond donors (Lipinski definition) is 0. The highest BCUT2D eigenvalue weighted by Crippen LogP contribution is 2.36. The molecule has 0 spiro atoms. The molecule has 0 radical (unpaired) electrons. The smallest absolute Gasteiger partial charge is 0.331 e. The van der Waals surface area contributed by atoms with E-state index in [-0.39, 0.29) is 6.61 Å². The molecule has 0 saturated carbocycles. The van der Waals surface area contributed by atoms with Crippen molar-refractivity contribution < 1.29 is 27.9 Å². The lowest BCUT2D eigenvalue weighted by atomic mass is 10.2. The number of carbonyl (C=O) groups excluding carboxylic acids is 1. The summed E-state index contributed by atoms with van der Waals surface area (Å²) in [5.41, 5.74) is 1.15. The van der Waals surface area contributed by atoms with E-state index in [0.29, 0.717) is 45.9 Å². The number of nitrogens with zero attached hydrogens (tertiary/aromatic N) is 1. The van der Waals surface area contributed by atoms with Gasteiger partial charge in [-0.25, -0.2) is 4.79 Å². The van der Waals surface area contributed by atoms with Gasteiger partial charge in [-0.3, -0.25) is 0 Å². The molecule has 0 saturated heterocycles. The summed E-state index contributed by atoms with van der Waals surface area (Å²) in [7, 11) is 1.51. The Morgan fingerprint density at radius 3 is 2.86 bits per heavy atom. The highest BCUT2D eigenvalue weighted by molar-refractivity contribution is 6.32. The van der Waals surface area contributed by atoms with Gasteiger partial charge in [0.25, 0.3) is 0 Å². The lowest BCUT2D eigenvalue weighted by Crippen LogP contribution is -2.01. The van der Waals surface area contributed by atoms with E-state index in [1.807, 2.05) is 6.92 Å². The van der Waals surface area contributed by atoms with E-state index >= 15 is 0 Å². The summed E-state index contributed by atoms with van der Waals surface area (Å²) in [6, 6.07) is 8.53. The minimum absolute atomic E-state index is 0.0268. The maximum Gasteiger partial charge on any atom is 0.331 e. The summed E-state index contributed by atoms with van der Waals surface area (Å²) in [6.07, 6.45) is 4.40. The average Bonchev–Trinajstić information content (AvgIpc) is 3.36. The van der Waals surface area contributed by atoms with Gasteiger partial charge >= 0.3 is 5.97 Å². The topological polar surface area (TPSA) is 83.9 Å². The Labute approximate surface area is 166 Å². The Balaban J connectivity index is 1.61. The predicted octanol–water partition coefficient (Wildman–Crippen LogP) is 4.75. The molecule has 0 fully saturated rings. The molecule has 8 heteroatoms. The third-order valence-electron chi connectivity index (χ3n) is 3.63. The molecule has 0 amide bonds. The normalized spacial score (nSPS) is 11.0. The van der Waals surface area contributed by atoms with Crippen LogP contribution in [0.5, 0.6) is 11.5 Å². The van der Waals surface area contributed by atoms with E-state index in [4.69, 9.17) is 34.8 Å². The van der Waals surface area contributed by atoms with Crippen molar-refractivity contribution in [2.45, 2.75) is 13.5 Å². The van der Waals surface area contributed by atoms with Crippen LogP contribution in [0, 0.1) is 0 Å². The number of rotatable bonds is 8. The first-order valence-electron chi connectivity index (χ1n) is 8.45. The molecule has 7 nitrogen and oxygen atoms in total. The van der Waals surface area contributed by atoms with Gasteiger partial charge in [0.15, 0.2) is 17.3 Å². The van der Waals surface area contributed by atoms with Crippen molar-refractivity contribution in [3.63, 3.8) is 0 Å². The van der Waals surface area contributed by atoms with Gasteiger partial charge in [0.1, 0.15) is 12.3 Å². The summed E-state index contributed by atoms with van der Waals surface area (Å²) in [6.45, 7) is 2.29.